The number of amides is 2. The minimum absolute atomic E-state index is 0.112. The normalized spacial score (nSPS) is 12.0. The molecule has 0 aliphatic carbocycles. The van der Waals surface area contributed by atoms with Crippen LogP contribution in [0.2, 0.25) is 0 Å². The van der Waals surface area contributed by atoms with Crippen LogP contribution in [-0.2, 0) is 25.5 Å². The van der Waals surface area contributed by atoms with E-state index in [0.717, 1.165) is 5.56 Å². The highest BCUT2D eigenvalue weighted by Crippen LogP contribution is 2.06. The average molecular weight is 350 g/mol. The van der Waals surface area contributed by atoms with E-state index in [1.807, 2.05) is 30.3 Å². The number of carbonyl (C=O) groups excluding carboxylic acids is 3. The predicted molar refractivity (Wildman–Crippen MR) is 92.9 cm³/mol. The highest BCUT2D eigenvalue weighted by molar-refractivity contribution is 5.85. The lowest BCUT2D eigenvalue weighted by atomic mass is 10.1. The molecule has 2 amide bonds. The molecule has 0 radical (unpaired) electrons. The van der Waals surface area contributed by atoms with Crippen molar-refractivity contribution in [1.29, 1.82) is 0 Å². The summed E-state index contributed by atoms with van der Waals surface area (Å²) in [6.07, 6.45) is 0.115. The fourth-order valence-electron chi connectivity index (χ4n) is 2.00. The molecule has 0 aromatic heterocycles. The molecule has 0 aliphatic rings. The second-order valence-corrected chi connectivity index (χ2v) is 6.51. The first-order valence-electron chi connectivity index (χ1n) is 8.09. The summed E-state index contributed by atoms with van der Waals surface area (Å²) in [6.45, 7) is 5.08. The Morgan fingerprint density at radius 2 is 1.76 bits per heavy atom. The van der Waals surface area contributed by atoms with Crippen LogP contribution in [0.3, 0.4) is 0 Å². The molecular formula is C18H26N2O5. The molecule has 0 bridgehead atoms. The summed E-state index contributed by atoms with van der Waals surface area (Å²) in [6, 6.07) is 8.58. The molecule has 1 atom stereocenters. The molecule has 7 nitrogen and oxygen atoms in total. The van der Waals surface area contributed by atoms with E-state index in [1.165, 1.54) is 7.11 Å². The van der Waals surface area contributed by atoms with Crippen LogP contribution in [0, 0.1) is 0 Å². The van der Waals surface area contributed by atoms with Crippen LogP contribution in [0.5, 0.6) is 0 Å². The number of hydrogen-bond donors (Lipinski definition) is 2. The summed E-state index contributed by atoms with van der Waals surface area (Å²) < 4.78 is 9.76. The minimum Gasteiger partial charge on any atom is -0.467 e. The van der Waals surface area contributed by atoms with Gasteiger partial charge in [0.15, 0.2) is 0 Å². The molecule has 0 fully saturated rings. The summed E-state index contributed by atoms with van der Waals surface area (Å²) in [4.78, 5) is 35.5. The van der Waals surface area contributed by atoms with E-state index >= 15 is 0 Å². The highest BCUT2D eigenvalue weighted by atomic mass is 16.6. The van der Waals surface area contributed by atoms with Crippen LogP contribution in [0.15, 0.2) is 30.3 Å². The second-order valence-electron chi connectivity index (χ2n) is 6.51. The third-order valence-corrected chi connectivity index (χ3v) is 3.15. The third kappa shape index (κ3) is 8.74. The first-order valence-corrected chi connectivity index (χ1v) is 8.09. The predicted octanol–water partition coefficient (Wildman–Crippen LogP) is 1.80. The van der Waals surface area contributed by atoms with Crippen LogP contribution >= 0.6 is 0 Å². The first kappa shape index (κ1) is 20.5. The molecule has 7 heteroatoms. The molecule has 1 aromatic rings. The Morgan fingerprint density at radius 3 is 2.32 bits per heavy atom. The summed E-state index contributed by atoms with van der Waals surface area (Å²) in [5, 5.41) is 5.03. The molecular weight excluding hydrogens is 324 g/mol. The molecule has 1 rings (SSSR count). The maximum atomic E-state index is 12.1. The van der Waals surface area contributed by atoms with E-state index in [2.05, 4.69) is 15.4 Å². The minimum atomic E-state index is -0.971. The Morgan fingerprint density at radius 1 is 1.12 bits per heavy atom. The number of carbonyl (C=O) groups is 3. The van der Waals surface area contributed by atoms with E-state index in [9.17, 15) is 14.4 Å². The number of alkyl carbamates (subject to hydrolysis) is 1. The van der Waals surface area contributed by atoms with Crippen molar-refractivity contribution in [3.63, 3.8) is 0 Å². The van der Waals surface area contributed by atoms with Gasteiger partial charge in [0.25, 0.3) is 0 Å². The fraction of sp³-hybridized carbons (Fsp3) is 0.500. The van der Waals surface area contributed by atoms with Gasteiger partial charge in [-0.3, -0.25) is 4.79 Å². The summed E-state index contributed by atoms with van der Waals surface area (Å²) >= 11 is 0. The Hall–Kier alpha value is -2.57. The van der Waals surface area contributed by atoms with Gasteiger partial charge in [0.2, 0.25) is 5.91 Å². The molecule has 0 unspecified atom stereocenters. The lowest BCUT2D eigenvalue weighted by Crippen LogP contribution is -2.49. The number of esters is 1. The number of hydrogen-bond acceptors (Lipinski definition) is 5. The molecule has 0 saturated heterocycles. The molecule has 0 spiro atoms. The molecule has 138 valence electrons. The van der Waals surface area contributed by atoms with E-state index in [4.69, 9.17) is 4.74 Å². The smallest absolute Gasteiger partial charge is 0.407 e. The van der Waals surface area contributed by atoms with Crippen LogP contribution in [0.4, 0.5) is 4.79 Å². The number of benzene rings is 1. The van der Waals surface area contributed by atoms with E-state index < -0.39 is 23.7 Å². The molecule has 1 aromatic carbocycles. The number of methoxy groups -OCH3 is 1. The Balaban J connectivity index is 2.50. The van der Waals surface area contributed by atoms with Crippen molar-refractivity contribution in [1.82, 2.24) is 10.6 Å². The van der Waals surface area contributed by atoms with Gasteiger partial charge in [0.1, 0.15) is 11.6 Å². The maximum Gasteiger partial charge on any atom is 0.407 e. The Kier molecular flexibility index (Phi) is 7.91. The summed E-state index contributed by atoms with van der Waals surface area (Å²) in [5.74, 6) is -0.936. The second kappa shape index (κ2) is 9.66. The maximum absolute atomic E-state index is 12.1. The monoisotopic (exact) mass is 350 g/mol. The van der Waals surface area contributed by atoms with Gasteiger partial charge in [-0.1, -0.05) is 30.3 Å². The quantitative estimate of drug-likeness (QED) is 0.732. The van der Waals surface area contributed by atoms with Gasteiger partial charge in [-0.05, 0) is 32.8 Å². The fourth-order valence-corrected chi connectivity index (χ4v) is 2.00. The van der Waals surface area contributed by atoms with Gasteiger partial charge < -0.3 is 20.1 Å². The molecule has 2 N–H and O–H groups in total. The highest BCUT2D eigenvalue weighted by Gasteiger charge is 2.23. The largest absolute Gasteiger partial charge is 0.467 e. The SMILES string of the molecule is COC(=O)[C@H](CNC(=O)OC(C)(C)C)NC(=O)CCc1ccccc1. The zero-order valence-corrected chi connectivity index (χ0v) is 15.1. The molecule has 0 saturated carbocycles. The molecule has 0 heterocycles. The number of nitrogens with one attached hydrogen (secondary N) is 2. The van der Waals surface area contributed by atoms with Gasteiger partial charge in [0, 0.05) is 6.42 Å². The zero-order valence-electron chi connectivity index (χ0n) is 15.1. The number of aryl methyl sites for hydroxylation is 1. The topological polar surface area (TPSA) is 93.7 Å². The van der Waals surface area contributed by atoms with Crippen LogP contribution in [0.1, 0.15) is 32.8 Å². The van der Waals surface area contributed by atoms with Crippen LogP contribution in [-0.4, -0.2) is 43.3 Å². The van der Waals surface area contributed by atoms with Crippen molar-refractivity contribution in [3.05, 3.63) is 35.9 Å². The first-order chi connectivity index (χ1) is 11.7. The van der Waals surface area contributed by atoms with Crippen molar-refractivity contribution >= 4 is 18.0 Å². The van der Waals surface area contributed by atoms with Crippen molar-refractivity contribution in [2.75, 3.05) is 13.7 Å². The molecule has 25 heavy (non-hydrogen) atoms. The Labute approximate surface area is 148 Å². The van der Waals surface area contributed by atoms with Crippen molar-refractivity contribution < 1.29 is 23.9 Å². The zero-order chi connectivity index (χ0) is 18.9. The summed E-state index contributed by atoms with van der Waals surface area (Å²) in [7, 11) is 1.22. The van der Waals surface area contributed by atoms with Crippen molar-refractivity contribution in [3.8, 4) is 0 Å². The Bertz CT molecular complexity index is 581. The molecule has 0 aliphatic heterocycles. The van der Waals surface area contributed by atoms with Crippen molar-refractivity contribution in [2.45, 2.75) is 45.3 Å². The van der Waals surface area contributed by atoms with Crippen LogP contribution < -0.4 is 10.6 Å². The lowest BCUT2D eigenvalue weighted by molar-refractivity contribution is -0.144. The number of ether oxygens (including phenoxy) is 2. The average Bonchev–Trinajstić information content (AvgIpc) is 2.55. The lowest BCUT2D eigenvalue weighted by Gasteiger charge is -2.21. The van der Waals surface area contributed by atoms with Gasteiger partial charge in [-0.15, -0.1) is 0 Å². The van der Waals surface area contributed by atoms with E-state index in [1.54, 1.807) is 20.8 Å². The van der Waals surface area contributed by atoms with Crippen molar-refractivity contribution in [2.24, 2.45) is 0 Å². The van der Waals surface area contributed by atoms with E-state index in [-0.39, 0.29) is 18.9 Å². The standard InChI is InChI=1S/C18H26N2O5/c1-18(2,3)25-17(23)19-12-14(16(22)24-4)20-15(21)11-10-13-8-6-5-7-9-13/h5-9,14H,10-12H2,1-4H3,(H,19,23)(H,20,21)/t14-/m0/s1. The third-order valence-electron chi connectivity index (χ3n) is 3.15. The summed E-state index contributed by atoms with van der Waals surface area (Å²) in [5.41, 5.74) is 0.378. The van der Waals surface area contributed by atoms with E-state index in [0.29, 0.717) is 6.42 Å². The van der Waals surface area contributed by atoms with Crippen LogP contribution in [0.25, 0.3) is 0 Å². The number of rotatable bonds is 7. The van der Waals surface area contributed by atoms with Gasteiger partial charge >= 0.3 is 12.1 Å². The van der Waals surface area contributed by atoms with Gasteiger partial charge in [-0.25, -0.2) is 9.59 Å². The van der Waals surface area contributed by atoms with Gasteiger partial charge in [-0.2, -0.15) is 0 Å². The van der Waals surface area contributed by atoms with Gasteiger partial charge in [0.05, 0.1) is 13.7 Å².